The standard InChI is InChI=1S/C23H43F5O/c1-9-15-19(8,16-17-29-18(7)10-2)20(11-3,12-4)22(25,26)23(27,28)21(24,13-5)14-6/h18H,9-17H2,1-8H3. The molecular weight excluding hydrogens is 387 g/mol. The Morgan fingerprint density at radius 2 is 1.21 bits per heavy atom. The summed E-state index contributed by atoms with van der Waals surface area (Å²) in [7, 11) is 0. The third kappa shape index (κ3) is 4.93. The van der Waals surface area contributed by atoms with Crippen LogP contribution in [-0.4, -0.2) is 30.2 Å². The Labute approximate surface area is 175 Å². The van der Waals surface area contributed by atoms with Crippen molar-refractivity contribution in [1.29, 1.82) is 0 Å². The van der Waals surface area contributed by atoms with Crippen molar-refractivity contribution in [3.05, 3.63) is 0 Å². The van der Waals surface area contributed by atoms with Gasteiger partial charge in [0.15, 0.2) is 5.67 Å². The summed E-state index contributed by atoms with van der Waals surface area (Å²) in [6.07, 6.45) is 0.282. The lowest BCUT2D eigenvalue weighted by atomic mass is 9.53. The fraction of sp³-hybridized carbons (Fsp3) is 1.00. The molecule has 0 aromatic heterocycles. The van der Waals surface area contributed by atoms with E-state index >= 15 is 22.0 Å². The van der Waals surface area contributed by atoms with E-state index in [1.807, 2.05) is 20.8 Å². The first-order chi connectivity index (χ1) is 13.3. The Hall–Kier alpha value is -0.390. The molecule has 0 aliphatic rings. The first-order valence-electron chi connectivity index (χ1n) is 11.3. The Balaban J connectivity index is 6.40. The fourth-order valence-electron chi connectivity index (χ4n) is 4.96. The van der Waals surface area contributed by atoms with E-state index in [0.717, 1.165) is 6.42 Å². The van der Waals surface area contributed by atoms with Crippen LogP contribution in [0.5, 0.6) is 0 Å². The molecule has 0 aliphatic heterocycles. The smallest absolute Gasteiger partial charge is 0.343 e. The molecule has 2 atom stereocenters. The molecule has 0 heterocycles. The number of rotatable bonds is 15. The Morgan fingerprint density at radius 1 is 0.724 bits per heavy atom. The lowest BCUT2D eigenvalue weighted by molar-refractivity contribution is -0.339. The summed E-state index contributed by atoms with van der Waals surface area (Å²) >= 11 is 0. The van der Waals surface area contributed by atoms with E-state index < -0.39 is 41.2 Å². The van der Waals surface area contributed by atoms with Crippen molar-refractivity contribution in [1.82, 2.24) is 0 Å². The summed E-state index contributed by atoms with van der Waals surface area (Å²) in [5.74, 6) is -9.26. The number of ether oxygens (including phenoxy) is 1. The molecule has 0 bridgehead atoms. The van der Waals surface area contributed by atoms with Crippen molar-refractivity contribution in [2.24, 2.45) is 10.8 Å². The normalized spacial score (nSPS) is 17.3. The zero-order valence-electron chi connectivity index (χ0n) is 19.7. The third-order valence-electron chi connectivity index (χ3n) is 7.47. The van der Waals surface area contributed by atoms with Crippen molar-refractivity contribution < 1.29 is 26.7 Å². The highest BCUT2D eigenvalue weighted by Crippen LogP contribution is 2.65. The minimum Gasteiger partial charge on any atom is -0.378 e. The Kier molecular flexibility index (Phi) is 10.6. The van der Waals surface area contributed by atoms with Crippen LogP contribution in [0.25, 0.3) is 0 Å². The largest absolute Gasteiger partial charge is 0.378 e. The van der Waals surface area contributed by atoms with Gasteiger partial charge in [-0.05, 0) is 57.3 Å². The monoisotopic (exact) mass is 430 g/mol. The van der Waals surface area contributed by atoms with E-state index in [2.05, 4.69) is 0 Å². The average molecular weight is 431 g/mol. The van der Waals surface area contributed by atoms with Gasteiger partial charge in [0.2, 0.25) is 0 Å². The van der Waals surface area contributed by atoms with Gasteiger partial charge in [-0.2, -0.15) is 17.6 Å². The molecule has 0 fully saturated rings. The molecule has 0 aromatic rings. The highest BCUT2D eigenvalue weighted by molar-refractivity contribution is 5.13. The van der Waals surface area contributed by atoms with E-state index in [4.69, 9.17) is 4.74 Å². The third-order valence-corrected chi connectivity index (χ3v) is 7.47. The minimum atomic E-state index is -4.76. The molecule has 0 amide bonds. The van der Waals surface area contributed by atoms with Crippen molar-refractivity contribution in [2.45, 2.75) is 130 Å². The maximum Gasteiger partial charge on any atom is 0.343 e. The van der Waals surface area contributed by atoms with E-state index in [-0.39, 0.29) is 32.0 Å². The molecule has 176 valence electrons. The van der Waals surface area contributed by atoms with Crippen LogP contribution in [0.1, 0.15) is 107 Å². The predicted molar refractivity (Wildman–Crippen MR) is 111 cm³/mol. The van der Waals surface area contributed by atoms with Crippen molar-refractivity contribution in [3.63, 3.8) is 0 Å². The van der Waals surface area contributed by atoms with Crippen LogP contribution >= 0.6 is 0 Å². The topological polar surface area (TPSA) is 9.23 Å². The summed E-state index contributed by atoms with van der Waals surface area (Å²) in [4.78, 5) is 0. The second-order valence-electron chi connectivity index (χ2n) is 8.76. The maximum atomic E-state index is 15.8. The van der Waals surface area contributed by atoms with Crippen LogP contribution < -0.4 is 0 Å². The van der Waals surface area contributed by atoms with Crippen LogP contribution in [-0.2, 0) is 4.74 Å². The number of hydrogen-bond donors (Lipinski definition) is 0. The van der Waals surface area contributed by atoms with Gasteiger partial charge in [0.05, 0.1) is 6.10 Å². The molecule has 0 saturated carbocycles. The van der Waals surface area contributed by atoms with E-state index in [0.29, 0.717) is 12.8 Å². The van der Waals surface area contributed by atoms with Gasteiger partial charge in [0, 0.05) is 12.0 Å². The fourth-order valence-corrected chi connectivity index (χ4v) is 4.96. The van der Waals surface area contributed by atoms with Crippen molar-refractivity contribution in [3.8, 4) is 0 Å². The van der Waals surface area contributed by atoms with Gasteiger partial charge in [-0.1, -0.05) is 54.9 Å². The maximum absolute atomic E-state index is 15.8. The molecule has 1 nitrogen and oxygen atoms in total. The van der Waals surface area contributed by atoms with Gasteiger partial charge in [0.25, 0.3) is 0 Å². The van der Waals surface area contributed by atoms with Crippen molar-refractivity contribution >= 4 is 0 Å². The SMILES string of the molecule is CCCC(C)(CCOC(C)CC)C(CC)(CC)C(F)(F)C(F)(F)C(F)(CC)CC. The van der Waals surface area contributed by atoms with Gasteiger partial charge >= 0.3 is 11.8 Å². The van der Waals surface area contributed by atoms with E-state index in [1.165, 1.54) is 27.7 Å². The summed E-state index contributed by atoms with van der Waals surface area (Å²) in [6.45, 7) is 13.1. The van der Waals surface area contributed by atoms with Gasteiger partial charge in [0.1, 0.15) is 0 Å². The van der Waals surface area contributed by atoms with E-state index in [9.17, 15) is 0 Å². The molecule has 0 rings (SSSR count). The molecule has 0 spiro atoms. The Bertz CT molecular complexity index is 472. The van der Waals surface area contributed by atoms with Crippen LogP contribution in [0.15, 0.2) is 0 Å². The zero-order valence-corrected chi connectivity index (χ0v) is 19.7. The van der Waals surface area contributed by atoms with Gasteiger partial charge in [-0.25, -0.2) is 4.39 Å². The number of hydrogen-bond acceptors (Lipinski definition) is 1. The lowest BCUT2D eigenvalue weighted by Gasteiger charge is -2.55. The van der Waals surface area contributed by atoms with Crippen LogP contribution in [0.3, 0.4) is 0 Å². The predicted octanol–water partition coefficient (Wildman–Crippen LogP) is 8.60. The zero-order chi connectivity index (χ0) is 23.1. The minimum absolute atomic E-state index is 0.0286. The second-order valence-corrected chi connectivity index (χ2v) is 8.76. The Morgan fingerprint density at radius 3 is 1.55 bits per heavy atom. The van der Waals surface area contributed by atoms with Gasteiger partial charge in [-0.15, -0.1) is 0 Å². The summed E-state index contributed by atoms with van der Waals surface area (Å²) in [5, 5.41) is 0. The quantitative estimate of drug-likeness (QED) is 0.236. The molecule has 29 heavy (non-hydrogen) atoms. The van der Waals surface area contributed by atoms with E-state index in [1.54, 1.807) is 6.92 Å². The molecule has 0 radical (unpaired) electrons. The molecule has 0 saturated heterocycles. The molecular formula is C23H43F5O. The molecule has 0 aliphatic carbocycles. The summed E-state index contributed by atoms with van der Waals surface area (Å²) < 4.78 is 82.9. The highest BCUT2D eigenvalue weighted by atomic mass is 19.3. The molecule has 0 aromatic carbocycles. The van der Waals surface area contributed by atoms with Crippen molar-refractivity contribution in [2.75, 3.05) is 6.61 Å². The molecule has 2 unspecified atom stereocenters. The highest BCUT2D eigenvalue weighted by Gasteiger charge is 2.77. The first kappa shape index (κ1) is 28.6. The van der Waals surface area contributed by atoms with Crippen LogP contribution in [0.2, 0.25) is 0 Å². The molecule has 6 heteroatoms. The first-order valence-corrected chi connectivity index (χ1v) is 11.3. The number of alkyl halides is 5. The van der Waals surface area contributed by atoms with Crippen LogP contribution in [0.4, 0.5) is 22.0 Å². The lowest BCUT2D eigenvalue weighted by Crippen LogP contribution is -2.66. The second kappa shape index (κ2) is 10.8. The average Bonchev–Trinajstić information content (AvgIpc) is 2.67. The molecule has 0 N–H and O–H groups in total. The van der Waals surface area contributed by atoms with Crippen LogP contribution in [0, 0.1) is 10.8 Å². The van der Waals surface area contributed by atoms with Gasteiger partial charge in [-0.3, -0.25) is 0 Å². The number of halogens is 5. The summed E-state index contributed by atoms with van der Waals surface area (Å²) in [5.41, 5.74) is -6.40. The van der Waals surface area contributed by atoms with Gasteiger partial charge < -0.3 is 4.74 Å². The summed E-state index contributed by atoms with van der Waals surface area (Å²) in [6, 6.07) is 0.